The van der Waals surface area contributed by atoms with Gasteiger partial charge in [-0.2, -0.15) is 0 Å². The first-order chi connectivity index (χ1) is 8.22. The second kappa shape index (κ2) is 4.46. The summed E-state index contributed by atoms with van der Waals surface area (Å²) in [4.78, 5) is 2.62. The van der Waals surface area contributed by atoms with Gasteiger partial charge >= 0.3 is 0 Å². The molecule has 0 bridgehead atoms. The Labute approximate surface area is 112 Å². The van der Waals surface area contributed by atoms with Crippen LogP contribution < -0.4 is 5.73 Å². The maximum atomic E-state index is 6.31. The van der Waals surface area contributed by atoms with Crippen molar-refractivity contribution in [1.29, 1.82) is 0 Å². The van der Waals surface area contributed by atoms with Gasteiger partial charge in [-0.3, -0.25) is 4.90 Å². The van der Waals surface area contributed by atoms with E-state index >= 15 is 0 Å². The number of likely N-dealkylation sites (tertiary alicyclic amines) is 1. The fraction of sp³-hybridized carbons (Fsp3) is 1.00. The molecule has 2 aliphatic heterocycles. The van der Waals surface area contributed by atoms with E-state index in [2.05, 4.69) is 39.5 Å². The molecule has 0 radical (unpaired) electrons. The van der Waals surface area contributed by atoms with Gasteiger partial charge in [-0.25, -0.2) is 0 Å². The smallest absolute Gasteiger partial charge is 0.0830 e. The number of hydrogen-bond donors (Lipinski definition) is 1. The van der Waals surface area contributed by atoms with Crippen LogP contribution in [0.4, 0.5) is 0 Å². The van der Waals surface area contributed by atoms with E-state index in [9.17, 15) is 0 Å². The molecule has 2 saturated heterocycles. The van der Waals surface area contributed by atoms with Gasteiger partial charge in [0, 0.05) is 13.1 Å². The van der Waals surface area contributed by atoms with Crippen LogP contribution in [0, 0.1) is 5.92 Å². The van der Waals surface area contributed by atoms with Gasteiger partial charge in [0.2, 0.25) is 0 Å². The summed E-state index contributed by atoms with van der Waals surface area (Å²) in [6.45, 7) is 14.2. The molecule has 2 atom stereocenters. The summed E-state index contributed by atoms with van der Waals surface area (Å²) >= 11 is 0. The van der Waals surface area contributed by atoms with E-state index in [1.165, 1.54) is 25.9 Å². The summed E-state index contributed by atoms with van der Waals surface area (Å²) in [6.07, 6.45) is 3.68. The molecule has 0 aromatic carbocycles. The maximum Gasteiger partial charge on any atom is 0.0830 e. The third kappa shape index (κ3) is 2.21. The Balaban J connectivity index is 2.29. The second-order valence-corrected chi connectivity index (χ2v) is 7.48. The number of hydrogen-bond acceptors (Lipinski definition) is 3. The lowest BCUT2D eigenvalue weighted by atomic mass is 9.76. The summed E-state index contributed by atoms with van der Waals surface area (Å²) in [5.74, 6) is 0.779. The summed E-state index contributed by atoms with van der Waals surface area (Å²) in [6, 6.07) is 0. The van der Waals surface area contributed by atoms with Crippen LogP contribution in [0.5, 0.6) is 0 Å². The molecule has 2 heterocycles. The van der Waals surface area contributed by atoms with E-state index in [1.807, 2.05) is 0 Å². The zero-order valence-corrected chi connectivity index (χ0v) is 12.8. The largest absolute Gasteiger partial charge is 0.368 e. The van der Waals surface area contributed by atoms with Gasteiger partial charge in [-0.15, -0.1) is 0 Å². The lowest BCUT2D eigenvalue weighted by Gasteiger charge is -2.50. The van der Waals surface area contributed by atoms with Crippen LogP contribution in [0.25, 0.3) is 0 Å². The Morgan fingerprint density at radius 1 is 1.28 bits per heavy atom. The van der Waals surface area contributed by atoms with Crippen LogP contribution in [-0.2, 0) is 4.74 Å². The summed E-state index contributed by atoms with van der Waals surface area (Å²) in [5, 5.41) is 0. The Kier molecular flexibility index (Phi) is 3.54. The zero-order valence-electron chi connectivity index (χ0n) is 12.8. The highest BCUT2D eigenvalue weighted by molar-refractivity contribution is 5.13. The van der Waals surface area contributed by atoms with Crippen molar-refractivity contribution in [1.82, 2.24) is 4.90 Å². The molecule has 2 unspecified atom stereocenters. The van der Waals surface area contributed by atoms with Gasteiger partial charge in [0.15, 0.2) is 0 Å². The quantitative estimate of drug-likeness (QED) is 0.822. The predicted molar refractivity (Wildman–Crippen MR) is 75.6 cm³/mol. The monoisotopic (exact) mass is 254 g/mol. The Morgan fingerprint density at radius 3 is 2.39 bits per heavy atom. The normalized spacial score (nSPS) is 40.0. The van der Waals surface area contributed by atoms with Crippen molar-refractivity contribution in [2.45, 2.75) is 70.6 Å². The fourth-order valence-electron chi connectivity index (χ4n) is 4.26. The molecule has 3 heteroatoms. The van der Waals surface area contributed by atoms with Gasteiger partial charge < -0.3 is 10.5 Å². The van der Waals surface area contributed by atoms with Crippen molar-refractivity contribution in [3.63, 3.8) is 0 Å². The Morgan fingerprint density at radius 2 is 1.94 bits per heavy atom. The SMILES string of the molecule is CC1CCCN(C2(CN)CC(C)(C)OC2(C)C)C1. The van der Waals surface area contributed by atoms with Gasteiger partial charge in [-0.05, 0) is 59.4 Å². The highest BCUT2D eigenvalue weighted by atomic mass is 16.5. The first-order valence-corrected chi connectivity index (χ1v) is 7.38. The van der Waals surface area contributed by atoms with Crippen LogP contribution >= 0.6 is 0 Å². The number of nitrogens with two attached hydrogens (primary N) is 1. The minimum absolute atomic E-state index is 0.00514. The van der Waals surface area contributed by atoms with E-state index in [0.717, 1.165) is 12.3 Å². The van der Waals surface area contributed by atoms with Crippen molar-refractivity contribution < 1.29 is 4.74 Å². The van der Waals surface area contributed by atoms with Crippen molar-refractivity contribution in [2.24, 2.45) is 11.7 Å². The van der Waals surface area contributed by atoms with Crippen molar-refractivity contribution in [2.75, 3.05) is 19.6 Å². The molecule has 0 amide bonds. The topological polar surface area (TPSA) is 38.5 Å². The second-order valence-electron chi connectivity index (χ2n) is 7.48. The minimum atomic E-state index is -0.164. The molecule has 18 heavy (non-hydrogen) atoms. The molecule has 3 nitrogen and oxygen atoms in total. The molecule has 2 fully saturated rings. The minimum Gasteiger partial charge on any atom is -0.368 e. The highest BCUT2D eigenvalue weighted by Crippen LogP contribution is 2.48. The fourth-order valence-corrected chi connectivity index (χ4v) is 4.26. The van der Waals surface area contributed by atoms with E-state index in [4.69, 9.17) is 10.5 Å². The van der Waals surface area contributed by atoms with E-state index in [-0.39, 0.29) is 16.7 Å². The van der Waals surface area contributed by atoms with E-state index in [1.54, 1.807) is 0 Å². The lowest BCUT2D eigenvalue weighted by Crippen LogP contribution is -2.65. The molecule has 0 saturated carbocycles. The Bertz CT molecular complexity index is 314. The molecule has 2 aliphatic rings. The number of ether oxygens (including phenoxy) is 1. The average Bonchev–Trinajstić information content (AvgIpc) is 2.43. The molecular formula is C15H30N2O. The number of rotatable bonds is 2. The van der Waals surface area contributed by atoms with Gasteiger partial charge in [0.05, 0.1) is 16.7 Å². The van der Waals surface area contributed by atoms with E-state index in [0.29, 0.717) is 6.54 Å². The van der Waals surface area contributed by atoms with Crippen molar-refractivity contribution in [3.8, 4) is 0 Å². The van der Waals surface area contributed by atoms with Gasteiger partial charge in [0.1, 0.15) is 0 Å². The summed E-state index contributed by atoms with van der Waals surface area (Å²) < 4.78 is 6.31. The molecule has 0 spiro atoms. The zero-order chi connectivity index (χ0) is 13.6. The molecular weight excluding hydrogens is 224 g/mol. The number of nitrogens with zero attached hydrogens (tertiary/aromatic N) is 1. The molecule has 0 aromatic heterocycles. The van der Waals surface area contributed by atoms with Crippen LogP contribution in [0.3, 0.4) is 0 Å². The highest BCUT2D eigenvalue weighted by Gasteiger charge is 2.59. The average molecular weight is 254 g/mol. The molecule has 0 aromatic rings. The van der Waals surface area contributed by atoms with Crippen molar-refractivity contribution in [3.05, 3.63) is 0 Å². The van der Waals surface area contributed by atoms with Crippen LogP contribution in [-0.4, -0.2) is 41.3 Å². The Hall–Kier alpha value is -0.120. The van der Waals surface area contributed by atoms with Gasteiger partial charge in [-0.1, -0.05) is 6.92 Å². The third-order valence-electron chi connectivity index (χ3n) is 4.97. The first kappa shape index (κ1) is 14.3. The van der Waals surface area contributed by atoms with Crippen LogP contribution in [0.15, 0.2) is 0 Å². The summed E-state index contributed by atoms with van der Waals surface area (Å²) in [7, 11) is 0. The number of piperidine rings is 1. The van der Waals surface area contributed by atoms with Crippen LogP contribution in [0.2, 0.25) is 0 Å². The van der Waals surface area contributed by atoms with Crippen molar-refractivity contribution >= 4 is 0 Å². The standard InChI is InChI=1S/C15H30N2O/c1-12-7-6-8-17(9-12)15(11-16)10-13(2,3)18-14(15,4)5/h12H,6-11,16H2,1-5H3. The molecule has 2 N–H and O–H groups in total. The molecule has 0 aliphatic carbocycles. The third-order valence-corrected chi connectivity index (χ3v) is 4.97. The van der Waals surface area contributed by atoms with Gasteiger partial charge in [0.25, 0.3) is 0 Å². The lowest BCUT2D eigenvalue weighted by molar-refractivity contribution is -0.109. The summed E-state index contributed by atoms with van der Waals surface area (Å²) in [5.41, 5.74) is 5.99. The molecule has 2 rings (SSSR count). The predicted octanol–water partition coefficient (Wildman–Crippen LogP) is 2.39. The maximum absolute atomic E-state index is 6.31. The first-order valence-electron chi connectivity index (χ1n) is 7.38. The molecule has 106 valence electrons. The van der Waals surface area contributed by atoms with Crippen LogP contribution in [0.1, 0.15) is 53.9 Å². The van der Waals surface area contributed by atoms with E-state index < -0.39 is 0 Å².